The second kappa shape index (κ2) is 6.13. The number of hydrogen-bond donors (Lipinski definition) is 1. The van der Waals surface area contributed by atoms with Gasteiger partial charge in [-0.3, -0.25) is 0 Å². The third-order valence-corrected chi connectivity index (χ3v) is 3.95. The summed E-state index contributed by atoms with van der Waals surface area (Å²) in [5.41, 5.74) is 1.55. The zero-order valence-corrected chi connectivity index (χ0v) is 13.7. The summed E-state index contributed by atoms with van der Waals surface area (Å²) in [6.45, 7) is 5.40. The smallest absolute Gasteiger partial charge is 0.161 e. The Hall–Kier alpha value is -2.20. The minimum Gasteiger partial charge on any atom is -0.497 e. The third-order valence-electron chi connectivity index (χ3n) is 3.95. The lowest BCUT2D eigenvalue weighted by Crippen LogP contribution is -2.26. The Balaban J connectivity index is 1.85. The third kappa shape index (κ3) is 3.42. The predicted octanol–water partition coefficient (Wildman–Crippen LogP) is 3.57. The summed E-state index contributed by atoms with van der Waals surface area (Å²) in [4.78, 5) is 0. The molecule has 1 aliphatic heterocycles. The van der Waals surface area contributed by atoms with Gasteiger partial charge in [-0.1, -0.05) is 32.0 Å². The molecule has 0 aromatic heterocycles. The van der Waals surface area contributed by atoms with E-state index in [9.17, 15) is 5.11 Å². The van der Waals surface area contributed by atoms with Crippen molar-refractivity contribution in [2.45, 2.75) is 20.0 Å². The standard InChI is InChI=1S/C19H22O4/c1-19(2)11-22-16-9-6-14(10-17(16)23-12-19)18(20)13-4-7-15(21-3)8-5-13/h4-10,18,20H,11-12H2,1-3H3. The Kier molecular flexibility index (Phi) is 4.18. The normalized spacial score (nSPS) is 17.2. The van der Waals surface area contributed by atoms with Gasteiger partial charge in [-0.2, -0.15) is 0 Å². The van der Waals surface area contributed by atoms with Crippen LogP contribution in [0.25, 0.3) is 0 Å². The van der Waals surface area contributed by atoms with Crippen LogP contribution in [0.5, 0.6) is 17.2 Å². The molecule has 1 atom stereocenters. The lowest BCUT2D eigenvalue weighted by molar-refractivity contribution is 0.140. The number of methoxy groups -OCH3 is 1. The quantitative estimate of drug-likeness (QED) is 0.941. The van der Waals surface area contributed by atoms with Crippen molar-refractivity contribution in [3.63, 3.8) is 0 Å². The van der Waals surface area contributed by atoms with Crippen LogP contribution in [0.2, 0.25) is 0 Å². The molecule has 0 radical (unpaired) electrons. The van der Waals surface area contributed by atoms with Gasteiger partial charge in [0, 0.05) is 5.41 Å². The largest absolute Gasteiger partial charge is 0.497 e. The van der Waals surface area contributed by atoms with Gasteiger partial charge in [0.15, 0.2) is 11.5 Å². The molecule has 0 saturated heterocycles. The Morgan fingerprint density at radius 3 is 2.22 bits per heavy atom. The monoisotopic (exact) mass is 314 g/mol. The molecule has 1 N–H and O–H groups in total. The number of benzene rings is 2. The molecule has 0 saturated carbocycles. The predicted molar refractivity (Wildman–Crippen MR) is 88.3 cm³/mol. The lowest BCUT2D eigenvalue weighted by atomic mass is 9.97. The number of rotatable bonds is 3. The second-order valence-corrected chi connectivity index (χ2v) is 6.62. The summed E-state index contributed by atoms with van der Waals surface area (Å²) in [7, 11) is 1.62. The molecule has 1 unspecified atom stereocenters. The number of aliphatic hydroxyl groups excluding tert-OH is 1. The number of fused-ring (bicyclic) bond motifs is 1. The van der Waals surface area contributed by atoms with E-state index >= 15 is 0 Å². The van der Waals surface area contributed by atoms with E-state index < -0.39 is 6.10 Å². The van der Waals surface area contributed by atoms with E-state index in [1.54, 1.807) is 7.11 Å². The fourth-order valence-electron chi connectivity index (χ4n) is 2.49. The van der Waals surface area contributed by atoms with Crippen LogP contribution in [-0.2, 0) is 0 Å². The maximum Gasteiger partial charge on any atom is 0.161 e. The van der Waals surface area contributed by atoms with Crippen LogP contribution in [-0.4, -0.2) is 25.4 Å². The molecule has 0 aliphatic carbocycles. The van der Waals surface area contributed by atoms with Gasteiger partial charge < -0.3 is 19.3 Å². The van der Waals surface area contributed by atoms with Gasteiger partial charge in [-0.25, -0.2) is 0 Å². The zero-order valence-electron chi connectivity index (χ0n) is 13.7. The Morgan fingerprint density at radius 2 is 1.57 bits per heavy atom. The molecule has 1 aliphatic rings. The number of aliphatic hydroxyl groups is 1. The minimum atomic E-state index is -0.717. The van der Waals surface area contributed by atoms with E-state index in [0.29, 0.717) is 19.0 Å². The van der Waals surface area contributed by atoms with E-state index in [4.69, 9.17) is 14.2 Å². The van der Waals surface area contributed by atoms with E-state index in [1.165, 1.54) is 0 Å². The Morgan fingerprint density at radius 1 is 0.957 bits per heavy atom. The van der Waals surface area contributed by atoms with Crippen molar-refractivity contribution in [1.29, 1.82) is 0 Å². The molecule has 2 aromatic rings. The molecule has 4 heteroatoms. The molecule has 2 aromatic carbocycles. The van der Waals surface area contributed by atoms with Crippen LogP contribution < -0.4 is 14.2 Å². The summed E-state index contributed by atoms with van der Waals surface area (Å²) in [6, 6.07) is 13.0. The van der Waals surface area contributed by atoms with Crippen LogP contribution in [0.1, 0.15) is 31.1 Å². The molecule has 0 bridgehead atoms. The molecule has 0 amide bonds. The van der Waals surface area contributed by atoms with Crippen LogP contribution in [0.4, 0.5) is 0 Å². The highest BCUT2D eigenvalue weighted by Gasteiger charge is 2.25. The van der Waals surface area contributed by atoms with Gasteiger partial charge >= 0.3 is 0 Å². The van der Waals surface area contributed by atoms with E-state index in [0.717, 1.165) is 22.6 Å². The summed E-state index contributed by atoms with van der Waals surface area (Å²) < 4.78 is 16.8. The first-order valence-electron chi connectivity index (χ1n) is 7.70. The molecule has 3 rings (SSSR count). The van der Waals surface area contributed by atoms with Gasteiger partial charge in [0.05, 0.1) is 20.3 Å². The molecule has 23 heavy (non-hydrogen) atoms. The van der Waals surface area contributed by atoms with Crippen molar-refractivity contribution in [3.8, 4) is 17.2 Å². The van der Waals surface area contributed by atoms with E-state index in [1.807, 2.05) is 42.5 Å². The molecule has 4 nitrogen and oxygen atoms in total. The first kappa shape index (κ1) is 15.7. The minimum absolute atomic E-state index is 0.0339. The van der Waals surface area contributed by atoms with E-state index in [-0.39, 0.29) is 5.41 Å². The van der Waals surface area contributed by atoms with Crippen molar-refractivity contribution in [1.82, 2.24) is 0 Å². The molecule has 122 valence electrons. The van der Waals surface area contributed by atoms with Gasteiger partial charge in [0.2, 0.25) is 0 Å². The van der Waals surface area contributed by atoms with Crippen LogP contribution in [0, 0.1) is 5.41 Å². The molecular weight excluding hydrogens is 292 g/mol. The highest BCUT2D eigenvalue weighted by atomic mass is 16.5. The number of hydrogen-bond acceptors (Lipinski definition) is 4. The zero-order chi connectivity index (χ0) is 16.4. The van der Waals surface area contributed by atoms with Gasteiger partial charge in [0.1, 0.15) is 11.9 Å². The van der Waals surface area contributed by atoms with Crippen molar-refractivity contribution < 1.29 is 19.3 Å². The first-order chi connectivity index (χ1) is 11.0. The summed E-state index contributed by atoms with van der Waals surface area (Å²) >= 11 is 0. The van der Waals surface area contributed by atoms with Crippen LogP contribution in [0.3, 0.4) is 0 Å². The topological polar surface area (TPSA) is 47.9 Å². The maximum absolute atomic E-state index is 10.6. The Labute approximate surface area is 136 Å². The Bertz CT molecular complexity index is 676. The van der Waals surface area contributed by atoms with Crippen molar-refractivity contribution >= 4 is 0 Å². The second-order valence-electron chi connectivity index (χ2n) is 6.62. The summed E-state index contributed by atoms with van der Waals surface area (Å²) in [5, 5.41) is 10.6. The van der Waals surface area contributed by atoms with Crippen LogP contribution in [0.15, 0.2) is 42.5 Å². The van der Waals surface area contributed by atoms with Gasteiger partial charge in [-0.05, 0) is 35.4 Å². The highest BCUT2D eigenvalue weighted by molar-refractivity contribution is 5.46. The first-order valence-corrected chi connectivity index (χ1v) is 7.70. The lowest BCUT2D eigenvalue weighted by Gasteiger charge is -2.19. The molecular formula is C19H22O4. The van der Waals surface area contributed by atoms with Crippen molar-refractivity contribution in [3.05, 3.63) is 53.6 Å². The molecule has 1 heterocycles. The number of ether oxygens (including phenoxy) is 3. The van der Waals surface area contributed by atoms with Gasteiger partial charge in [-0.15, -0.1) is 0 Å². The van der Waals surface area contributed by atoms with Crippen molar-refractivity contribution in [2.24, 2.45) is 5.41 Å². The fraction of sp³-hybridized carbons (Fsp3) is 0.368. The van der Waals surface area contributed by atoms with Crippen molar-refractivity contribution in [2.75, 3.05) is 20.3 Å². The summed E-state index contributed by atoms with van der Waals surface area (Å²) in [6.07, 6.45) is -0.717. The molecule has 0 fully saturated rings. The fourth-order valence-corrected chi connectivity index (χ4v) is 2.49. The maximum atomic E-state index is 10.6. The average Bonchev–Trinajstić information content (AvgIpc) is 2.72. The average molecular weight is 314 g/mol. The summed E-state index contributed by atoms with van der Waals surface area (Å²) in [5.74, 6) is 2.17. The molecule has 0 spiro atoms. The van der Waals surface area contributed by atoms with E-state index in [2.05, 4.69) is 13.8 Å². The van der Waals surface area contributed by atoms with Gasteiger partial charge in [0.25, 0.3) is 0 Å². The van der Waals surface area contributed by atoms with Crippen LogP contribution >= 0.6 is 0 Å². The highest BCUT2D eigenvalue weighted by Crippen LogP contribution is 2.36. The SMILES string of the molecule is COc1ccc(C(O)c2ccc3c(c2)OCC(C)(C)CO3)cc1.